The van der Waals surface area contributed by atoms with Gasteiger partial charge in [-0.1, -0.05) is 43.7 Å². The van der Waals surface area contributed by atoms with Crippen LogP contribution in [0.25, 0.3) is 0 Å². The second-order valence-corrected chi connectivity index (χ2v) is 5.05. The summed E-state index contributed by atoms with van der Waals surface area (Å²) in [5.41, 5.74) is 1.71. The Morgan fingerprint density at radius 1 is 1.00 bits per heavy atom. The van der Waals surface area contributed by atoms with Gasteiger partial charge in [0.15, 0.2) is 0 Å². The van der Waals surface area contributed by atoms with Crippen LogP contribution in [0.4, 0.5) is 0 Å². The SMILES string of the molecule is CCCC(Oc1ccc(C(=O)OCC)cc1)c1ccccc1. The van der Waals surface area contributed by atoms with Crippen LogP contribution in [-0.2, 0) is 4.74 Å². The lowest BCUT2D eigenvalue weighted by Crippen LogP contribution is -2.08. The van der Waals surface area contributed by atoms with E-state index in [9.17, 15) is 4.79 Å². The van der Waals surface area contributed by atoms with Crippen molar-refractivity contribution < 1.29 is 14.3 Å². The predicted molar refractivity (Wildman–Crippen MR) is 87.1 cm³/mol. The summed E-state index contributed by atoms with van der Waals surface area (Å²) in [5, 5.41) is 0. The number of benzene rings is 2. The third-order valence-corrected chi connectivity index (χ3v) is 3.37. The fourth-order valence-corrected chi connectivity index (χ4v) is 2.27. The fourth-order valence-electron chi connectivity index (χ4n) is 2.27. The van der Waals surface area contributed by atoms with E-state index in [4.69, 9.17) is 9.47 Å². The van der Waals surface area contributed by atoms with Crippen LogP contribution in [0.1, 0.15) is 48.7 Å². The van der Waals surface area contributed by atoms with Crippen molar-refractivity contribution >= 4 is 5.97 Å². The van der Waals surface area contributed by atoms with Crippen molar-refractivity contribution in [1.29, 1.82) is 0 Å². The molecule has 0 heterocycles. The van der Waals surface area contributed by atoms with Crippen LogP contribution < -0.4 is 4.74 Å². The molecule has 2 aromatic rings. The minimum Gasteiger partial charge on any atom is -0.486 e. The van der Waals surface area contributed by atoms with Crippen molar-refractivity contribution in [2.24, 2.45) is 0 Å². The van der Waals surface area contributed by atoms with E-state index in [-0.39, 0.29) is 12.1 Å². The lowest BCUT2D eigenvalue weighted by Gasteiger charge is -2.19. The molecule has 3 heteroatoms. The molecular weight excluding hydrogens is 276 g/mol. The quantitative estimate of drug-likeness (QED) is 0.690. The molecule has 0 aromatic heterocycles. The number of carbonyl (C=O) groups excluding carboxylic acids is 1. The van der Waals surface area contributed by atoms with Gasteiger partial charge >= 0.3 is 5.97 Å². The van der Waals surface area contributed by atoms with Crippen LogP contribution in [0.15, 0.2) is 54.6 Å². The fraction of sp³-hybridized carbons (Fsp3) is 0.316. The molecule has 0 saturated heterocycles. The monoisotopic (exact) mass is 298 g/mol. The van der Waals surface area contributed by atoms with Crippen LogP contribution in [0.3, 0.4) is 0 Å². The molecule has 0 N–H and O–H groups in total. The lowest BCUT2D eigenvalue weighted by atomic mass is 10.1. The molecule has 116 valence electrons. The van der Waals surface area contributed by atoms with E-state index in [1.165, 1.54) is 5.56 Å². The Morgan fingerprint density at radius 2 is 1.68 bits per heavy atom. The average Bonchev–Trinajstić information content (AvgIpc) is 2.56. The molecule has 0 aliphatic rings. The van der Waals surface area contributed by atoms with Crippen molar-refractivity contribution in [1.82, 2.24) is 0 Å². The summed E-state index contributed by atoms with van der Waals surface area (Å²) in [5.74, 6) is 0.456. The molecule has 2 aromatic carbocycles. The number of hydrogen-bond acceptors (Lipinski definition) is 3. The van der Waals surface area contributed by atoms with Crippen molar-refractivity contribution in [2.45, 2.75) is 32.8 Å². The van der Waals surface area contributed by atoms with E-state index >= 15 is 0 Å². The zero-order valence-electron chi connectivity index (χ0n) is 13.1. The third kappa shape index (κ3) is 4.35. The summed E-state index contributed by atoms with van der Waals surface area (Å²) in [7, 11) is 0. The molecule has 1 unspecified atom stereocenters. The Kier molecular flexibility index (Phi) is 6.01. The van der Waals surface area contributed by atoms with Crippen LogP contribution in [0.2, 0.25) is 0 Å². The molecule has 2 rings (SSSR count). The maximum Gasteiger partial charge on any atom is 0.338 e. The van der Waals surface area contributed by atoms with Crippen LogP contribution in [0, 0.1) is 0 Å². The van der Waals surface area contributed by atoms with E-state index in [0.717, 1.165) is 18.6 Å². The average molecular weight is 298 g/mol. The van der Waals surface area contributed by atoms with Gasteiger partial charge in [0.25, 0.3) is 0 Å². The molecule has 0 aliphatic heterocycles. The molecule has 0 fully saturated rings. The smallest absolute Gasteiger partial charge is 0.338 e. The molecule has 0 saturated carbocycles. The Bertz CT molecular complexity index is 575. The van der Waals surface area contributed by atoms with E-state index in [2.05, 4.69) is 19.1 Å². The van der Waals surface area contributed by atoms with Gasteiger partial charge in [0.2, 0.25) is 0 Å². The third-order valence-electron chi connectivity index (χ3n) is 3.37. The van der Waals surface area contributed by atoms with Crippen molar-refractivity contribution in [3.8, 4) is 5.75 Å². The zero-order chi connectivity index (χ0) is 15.8. The van der Waals surface area contributed by atoms with Gasteiger partial charge in [-0.2, -0.15) is 0 Å². The molecule has 0 amide bonds. The van der Waals surface area contributed by atoms with E-state index in [0.29, 0.717) is 12.2 Å². The van der Waals surface area contributed by atoms with Gasteiger partial charge in [-0.05, 0) is 43.2 Å². The number of carbonyl (C=O) groups is 1. The second kappa shape index (κ2) is 8.23. The highest BCUT2D eigenvalue weighted by Gasteiger charge is 2.13. The number of hydrogen-bond donors (Lipinski definition) is 0. The minimum absolute atomic E-state index is 0.0274. The molecule has 1 atom stereocenters. The highest BCUT2D eigenvalue weighted by molar-refractivity contribution is 5.89. The van der Waals surface area contributed by atoms with Crippen molar-refractivity contribution in [2.75, 3.05) is 6.61 Å². The van der Waals surface area contributed by atoms with E-state index < -0.39 is 0 Å². The minimum atomic E-state index is -0.304. The zero-order valence-corrected chi connectivity index (χ0v) is 13.1. The first-order chi connectivity index (χ1) is 10.7. The largest absolute Gasteiger partial charge is 0.486 e. The standard InChI is InChI=1S/C19H22O3/c1-3-8-18(15-9-6-5-7-10-15)22-17-13-11-16(12-14-17)19(20)21-4-2/h5-7,9-14,18H,3-4,8H2,1-2H3. The first-order valence-corrected chi connectivity index (χ1v) is 7.73. The number of ether oxygens (including phenoxy) is 2. The second-order valence-electron chi connectivity index (χ2n) is 5.05. The van der Waals surface area contributed by atoms with Gasteiger partial charge in [0.1, 0.15) is 11.9 Å². The Balaban J connectivity index is 2.09. The van der Waals surface area contributed by atoms with E-state index in [1.54, 1.807) is 19.1 Å². The molecule has 0 radical (unpaired) electrons. The molecule has 0 aliphatic carbocycles. The first-order valence-electron chi connectivity index (χ1n) is 7.73. The Labute approximate surface area is 131 Å². The summed E-state index contributed by atoms with van der Waals surface area (Å²) < 4.78 is 11.1. The number of rotatable bonds is 7. The summed E-state index contributed by atoms with van der Waals surface area (Å²) >= 11 is 0. The van der Waals surface area contributed by atoms with Gasteiger partial charge in [0.05, 0.1) is 12.2 Å². The van der Waals surface area contributed by atoms with Crippen LogP contribution in [0.5, 0.6) is 5.75 Å². The maximum atomic E-state index is 11.6. The molecule has 22 heavy (non-hydrogen) atoms. The molecule has 3 nitrogen and oxygen atoms in total. The van der Waals surface area contributed by atoms with Crippen LogP contribution >= 0.6 is 0 Å². The Morgan fingerprint density at radius 3 is 2.27 bits per heavy atom. The molecule has 0 spiro atoms. The Hall–Kier alpha value is -2.29. The van der Waals surface area contributed by atoms with Gasteiger partial charge < -0.3 is 9.47 Å². The predicted octanol–water partition coefficient (Wildman–Crippen LogP) is 4.78. The van der Waals surface area contributed by atoms with Crippen molar-refractivity contribution in [3.05, 3.63) is 65.7 Å². The van der Waals surface area contributed by atoms with Gasteiger partial charge in [-0.25, -0.2) is 4.79 Å². The van der Waals surface area contributed by atoms with Crippen LogP contribution in [-0.4, -0.2) is 12.6 Å². The summed E-state index contributed by atoms with van der Waals surface area (Å²) in [4.78, 5) is 11.6. The maximum absolute atomic E-state index is 11.6. The highest BCUT2D eigenvalue weighted by Crippen LogP contribution is 2.26. The molecular formula is C19H22O3. The summed E-state index contributed by atoms with van der Waals surface area (Å²) in [6, 6.07) is 17.3. The van der Waals surface area contributed by atoms with E-state index in [1.807, 2.05) is 30.3 Å². The number of esters is 1. The van der Waals surface area contributed by atoms with Crippen molar-refractivity contribution in [3.63, 3.8) is 0 Å². The summed E-state index contributed by atoms with van der Waals surface area (Å²) in [6.07, 6.45) is 2.02. The normalized spacial score (nSPS) is 11.7. The lowest BCUT2D eigenvalue weighted by molar-refractivity contribution is 0.0526. The highest BCUT2D eigenvalue weighted by atomic mass is 16.5. The summed E-state index contributed by atoms with van der Waals surface area (Å²) in [6.45, 7) is 4.32. The van der Waals surface area contributed by atoms with Gasteiger partial charge in [-0.15, -0.1) is 0 Å². The topological polar surface area (TPSA) is 35.5 Å². The van der Waals surface area contributed by atoms with Gasteiger partial charge in [0, 0.05) is 0 Å². The molecule has 0 bridgehead atoms. The first kappa shape index (κ1) is 16.1. The van der Waals surface area contributed by atoms with Gasteiger partial charge in [-0.3, -0.25) is 0 Å².